The van der Waals surface area contributed by atoms with Crippen molar-refractivity contribution in [2.75, 3.05) is 11.9 Å². The van der Waals surface area contributed by atoms with E-state index in [-0.39, 0.29) is 30.9 Å². The molecule has 3 atom stereocenters. The summed E-state index contributed by atoms with van der Waals surface area (Å²) in [7, 11) is 0. The summed E-state index contributed by atoms with van der Waals surface area (Å²) in [5, 5.41) is 5.34. The SMILES string of the molecule is CC(=O)NCCC(=O)Nc1ccccc1C(=O)O[C@@H]1C[C@@H](C)CC[C@@H]1C(C)C. The highest BCUT2D eigenvalue weighted by Gasteiger charge is 2.34. The van der Waals surface area contributed by atoms with Crippen molar-refractivity contribution in [3.63, 3.8) is 0 Å². The molecule has 154 valence electrons. The van der Waals surface area contributed by atoms with Crippen molar-refractivity contribution in [1.29, 1.82) is 0 Å². The van der Waals surface area contributed by atoms with E-state index in [0.29, 0.717) is 29.0 Å². The molecule has 6 heteroatoms. The van der Waals surface area contributed by atoms with E-state index in [1.807, 2.05) is 0 Å². The van der Waals surface area contributed by atoms with Gasteiger partial charge in [0.25, 0.3) is 0 Å². The van der Waals surface area contributed by atoms with Crippen LogP contribution in [-0.4, -0.2) is 30.4 Å². The molecule has 0 radical (unpaired) electrons. The second kappa shape index (κ2) is 10.2. The molecule has 0 bridgehead atoms. The molecule has 0 saturated heterocycles. The van der Waals surface area contributed by atoms with Gasteiger partial charge < -0.3 is 15.4 Å². The Labute approximate surface area is 167 Å². The van der Waals surface area contributed by atoms with Crippen molar-refractivity contribution in [2.24, 2.45) is 17.8 Å². The number of rotatable bonds is 7. The number of anilines is 1. The highest BCUT2D eigenvalue weighted by molar-refractivity contribution is 6.01. The van der Waals surface area contributed by atoms with Crippen LogP contribution in [0.5, 0.6) is 0 Å². The second-order valence-electron chi connectivity index (χ2n) is 8.10. The molecule has 1 aromatic rings. The van der Waals surface area contributed by atoms with Crippen LogP contribution < -0.4 is 10.6 Å². The predicted molar refractivity (Wildman–Crippen MR) is 109 cm³/mol. The Kier molecular flexibility index (Phi) is 8.03. The predicted octanol–water partition coefficient (Wildman–Crippen LogP) is 3.77. The monoisotopic (exact) mass is 388 g/mol. The van der Waals surface area contributed by atoms with Crippen LogP contribution in [0.3, 0.4) is 0 Å². The molecule has 1 aromatic carbocycles. The van der Waals surface area contributed by atoms with Gasteiger partial charge in [-0.15, -0.1) is 0 Å². The van der Waals surface area contributed by atoms with E-state index in [4.69, 9.17) is 4.74 Å². The lowest BCUT2D eigenvalue weighted by atomic mass is 9.75. The van der Waals surface area contributed by atoms with E-state index >= 15 is 0 Å². The largest absolute Gasteiger partial charge is 0.458 e. The molecule has 0 spiro atoms. The average Bonchev–Trinajstić information content (AvgIpc) is 2.61. The highest BCUT2D eigenvalue weighted by atomic mass is 16.5. The van der Waals surface area contributed by atoms with Crippen LogP contribution in [0, 0.1) is 17.8 Å². The molecule has 28 heavy (non-hydrogen) atoms. The Bertz CT molecular complexity index is 702. The van der Waals surface area contributed by atoms with Gasteiger partial charge in [-0.25, -0.2) is 4.79 Å². The molecule has 1 aliphatic carbocycles. The number of esters is 1. The zero-order chi connectivity index (χ0) is 20.7. The van der Waals surface area contributed by atoms with Crippen LogP contribution in [0.15, 0.2) is 24.3 Å². The number of ether oxygens (including phenoxy) is 1. The molecule has 0 aromatic heterocycles. The number of para-hydroxylation sites is 1. The maximum absolute atomic E-state index is 12.9. The van der Waals surface area contributed by atoms with Gasteiger partial charge in [0.15, 0.2) is 0 Å². The van der Waals surface area contributed by atoms with Crippen molar-refractivity contribution >= 4 is 23.5 Å². The van der Waals surface area contributed by atoms with E-state index in [2.05, 4.69) is 31.4 Å². The van der Waals surface area contributed by atoms with Gasteiger partial charge in [0.2, 0.25) is 11.8 Å². The third kappa shape index (κ3) is 6.36. The van der Waals surface area contributed by atoms with E-state index in [1.165, 1.54) is 6.92 Å². The first-order valence-corrected chi connectivity index (χ1v) is 10.1. The van der Waals surface area contributed by atoms with Gasteiger partial charge in [-0.05, 0) is 42.7 Å². The Balaban J connectivity index is 2.05. The van der Waals surface area contributed by atoms with Crippen molar-refractivity contribution in [3.05, 3.63) is 29.8 Å². The van der Waals surface area contributed by atoms with Gasteiger partial charge in [0.05, 0.1) is 11.3 Å². The van der Waals surface area contributed by atoms with Gasteiger partial charge in [-0.2, -0.15) is 0 Å². The number of carbonyl (C=O) groups excluding carboxylic acids is 3. The van der Waals surface area contributed by atoms with Crippen LogP contribution in [0.4, 0.5) is 5.69 Å². The lowest BCUT2D eigenvalue weighted by molar-refractivity contribution is -0.119. The molecule has 0 aliphatic heterocycles. The van der Waals surface area contributed by atoms with Crippen molar-refractivity contribution < 1.29 is 19.1 Å². The number of hydrogen-bond acceptors (Lipinski definition) is 4. The van der Waals surface area contributed by atoms with E-state index in [0.717, 1.165) is 19.3 Å². The average molecular weight is 389 g/mol. The minimum absolute atomic E-state index is 0.0974. The molecular weight excluding hydrogens is 356 g/mol. The van der Waals surface area contributed by atoms with Gasteiger partial charge in [-0.3, -0.25) is 9.59 Å². The number of nitrogens with one attached hydrogen (secondary N) is 2. The lowest BCUT2D eigenvalue weighted by Crippen LogP contribution is -2.36. The molecule has 2 N–H and O–H groups in total. The number of amides is 2. The van der Waals surface area contributed by atoms with Gasteiger partial charge in [0.1, 0.15) is 6.10 Å². The van der Waals surface area contributed by atoms with Crippen LogP contribution in [0.25, 0.3) is 0 Å². The first kappa shape index (κ1) is 21.9. The third-order valence-electron chi connectivity index (χ3n) is 5.37. The van der Waals surface area contributed by atoms with E-state index in [1.54, 1.807) is 24.3 Å². The number of carbonyl (C=O) groups is 3. The van der Waals surface area contributed by atoms with Crippen LogP contribution in [0.2, 0.25) is 0 Å². The summed E-state index contributed by atoms with van der Waals surface area (Å²) in [4.78, 5) is 35.9. The first-order valence-electron chi connectivity index (χ1n) is 10.1. The van der Waals surface area contributed by atoms with Crippen LogP contribution in [-0.2, 0) is 14.3 Å². The van der Waals surface area contributed by atoms with Crippen LogP contribution in [0.1, 0.15) is 63.7 Å². The summed E-state index contributed by atoms with van der Waals surface area (Å²) in [6.07, 6.45) is 3.15. The van der Waals surface area contributed by atoms with Crippen molar-refractivity contribution in [2.45, 2.75) is 59.5 Å². The summed E-state index contributed by atoms with van der Waals surface area (Å²) in [5.74, 6) is 0.506. The summed E-state index contributed by atoms with van der Waals surface area (Å²) in [5.41, 5.74) is 0.793. The Morgan fingerprint density at radius 1 is 1.18 bits per heavy atom. The molecule has 0 unspecified atom stereocenters. The maximum atomic E-state index is 12.9. The minimum atomic E-state index is -0.400. The number of benzene rings is 1. The molecule has 2 amide bonds. The zero-order valence-electron chi connectivity index (χ0n) is 17.3. The van der Waals surface area contributed by atoms with Gasteiger partial charge in [0, 0.05) is 19.9 Å². The molecule has 2 rings (SSSR count). The molecule has 1 aliphatic rings. The Morgan fingerprint density at radius 3 is 2.57 bits per heavy atom. The van der Waals surface area contributed by atoms with E-state index < -0.39 is 5.97 Å². The fourth-order valence-electron chi connectivity index (χ4n) is 3.79. The smallest absolute Gasteiger partial charge is 0.340 e. The normalized spacial score (nSPS) is 21.8. The lowest BCUT2D eigenvalue weighted by Gasteiger charge is -2.36. The van der Waals surface area contributed by atoms with Crippen LogP contribution >= 0.6 is 0 Å². The first-order chi connectivity index (χ1) is 13.3. The van der Waals surface area contributed by atoms with Crippen molar-refractivity contribution in [3.8, 4) is 0 Å². The zero-order valence-corrected chi connectivity index (χ0v) is 17.3. The standard InChI is InChI=1S/C22H32N2O4/c1-14(2)17-10-9-15(3)13-20(17)28-22(27)18-7-5-6-8-19(18)24-21(26)11-12-23-16(4)25/h5-8,14-15,17,20H,9-13H2,1-4H3,(H,23,25)(H,24,26)/t15-,17+,20+/m0/s1. The fraction of sp³-hybridized carbons (Fsp3) is 0.591. The van der Waals surface area contributed by atoms with E-state index in [9.17, 15) is 14.4 Å². The fourth-order valence-corrected chi connectivity index (χ4v) is 3.79. The third-order valence-corrected chi connectivity index (χ3v) is 5.37. The molecule has 6 nitrogen and oxygen atoms in total. The molecule has 1 saturated carbocycles. The van der Waals surface area contributed by atoms with Gasteiger partial charge in [-0.1, -0.05) is 39.3 Å². The topological polar surface area (TPSA) is 84.5 Å². The summed E-state index contributed by atoms with van der Waals surface area (Å²) in [6, 6.07) is 6.88. The Morgan fingerprint density at radius 2 is 1.89 bits per heavy atom. The maximum Gasteiger partial charge on any atom is 0.340 e. The number of hydrogen-bond donors (Lipinski definition) is 2. The molecule has 1 fully saturated rings. The molecular formula is C22H32N2O4. The summed E-state index contributed by atoms with van der Waals surface area (Å²) >= 11 is 0. The Hall–Kier alpha value is -2.37. The highest BCUT2D eigenvalue weighted by Crippen LogP contribution is 2.36. The molecule has 0 heterocycles. The minimum Gasteiger partial charge on any atom is -0.458 e. The summed E-state index contributed by atoms with van der Waals surface area (Å²) < 4.78 is 5.91. The second-order valence-corrected chi connectivity index (χ2v) is 8.10. The summed E-state index contributed by atoms with van der Waals surface area (Å²) in [6.45, 7) is 8.19. The van der Waals surface area contributed by atoms with Crippen molar-refractivity contribution in [1.82, 2.24) is 5.32 Å². The quantitative estimate of drug-likeness (QED) is 0.697. The van der Waals surface area contributed by atoms with Gasteiger partial charge >= 0.3 is 5.97 Å².